The summed E-state index contributed by atoms with van der Waals surface area (Å²) >= 11 is 5.75. The summed E-state index contributed by atoms with van der Waals surface area (Å²) in [7, 11) is -3.28. The molecule has 0 aliphatic rings. The zero-order valence-corrected chi connectivity index (χ0v) is 14.4. The highest BCUT2D eigenvalue weighted by molar-refractivity contribution is 7.88. The van der Waals surface area contributed by atoms with Crippen LogP contribution in [-0.2, 0) is 14.8 Å². The molecule has 1 N–H and O–H groups in total. The number of nitrogens with one attached hydrogen (secondary N) is 1. The minimum atomic E-state index is -3.28. The van der Waals surface area contributed by atoms with Crippen molar-refractivity contribution in [2.75, 3.05) is 26.0 Å². The first-order valence-corrected chi connectivity index (χ1v) is 9.04. The Morgan fingerprint density at radius 3 is 2.41 bits per heavy atom. The lowest BCUT2D eigenvalue weighted by Crippen LogP contribution is -2.42. The second-order valence-corrected chi connectivity index (χ2v) is 7.43. The van der Waals surface area contributed by atoms with E-state index >= 15 is 0 Å². The first-order valence-electron chi connectivity index (χ1n) is 6.82. The van der Waals surface area contributed by atoms with Crippen molar-refractivity contribution in [2.45, 2.75) is 19.9 Å². The lowest BCUT2D eigenvalue weighted by molar-refractivity contribution is -0.123. The van der Waals surface area contributed by atoms with Crippen molar-refractivity contribution >= 4 is 27.5 Å². The summed E-state index contributed by atoms with van der Waals surface area (Å²) in [6.07, 6.45) is 1.15. The van der Waals surface area contributed by atoms with Crippen LogP contribution in [0.2, 0.25) is 5.02 Å². The van der Waals surface area contributed by atoms with Gasteiger partial charge in [-0.3, -0.25) is 4.79 Å². The summed E-state index contributed by atoms with van der Waals surface area (Å²) < 4.78 is 29.7. The highest BCUT2D eigenvalue weighted by Crippen LogP contribution is 2.15. The quantitative estimate of drug-likeness (QED) is 0.772. The fraction of sp³-hybridized carbons (Fsp3) is 0.500. The van der Waals surface area contributed by atoms with E-state index in [-0.39, 0.29) is 31.6 Å². The molecule has 0 heterocycles. The van der Waals surface area contributed by atoms with Crippen LogP contribution < -0.4 is 10.1 Å². The summed E-state index contributed by atoms with van der Waals surface area (Å²) in [5, 5.41) is 3.21. The third-order valence-electron chi connectivity index (χ3n) is 2.84. The first kappa shape index (κ1) is 18.7. The van der Waals surface area contributed by atoms with Gasteiger partial charge in [-0.05, 0) is 38.1 Å². The molecule has 0 saturated heterocycles. The number of rotatable bonds is 8. The van der Waals surface area contributed by atoms with Crippen molar-refractivity contribution in [3.05, 3.63) is 29.3 Å². The molecule has 1 rings (SSSR count). The predicted molar refractivity (Wildman–Crippen MR) is 86.6 cm³/mol. The minimum absolute atomic E-state index is 0.137. The van der Waals surface area contributed by atoms with Crippen LogP contribution in [0.5, 0.6) is 5.75 Å². The van der Waals surface area contributed by atoms with E-state index in [1.807, 2.05) is 0 Å². The van der Waals surface area contributed by atoms with Gasteiger partial charge >= 0.3 is 0 Å². The van der Waals surface area contributed by atoms with Gasteiger partial charge in [0.25, 0.3) is 5.91 Å². The molecule has 1 aromatic rings. The standard InChI is InChI=1S/C14H21ClN2O4S/c1-11(2)17(22(3,19)20)9-8-16-14(18)10-21-13-6-4-12(15)5-7-13/h4-7,11H,8-10H2,1-3H3,(H,16,18). The summed E-state index contributed by atoms with van der Waals surface area (Å²) in [6.45, 7) is 3.89. The Morgan fingerprint density at radius 2 is 1.91 bits per heavy atom. The van der Waals surface area contributed by atoms with Crippen LogP contribution in [0.3, 0.4) is 0 Å². The molecular weight excluding hydrogens is 328 g/mol. The van der Waals surface area contributed by atoms with Crippen LogP contribution >= 0.6 is 11.6 Å². The molecule has 0 radical (unpaired) electrons. The third-order valence-corrected chi connectivity index (χ3v) is 4.55. The number of hydrogen-bond donors (Lipinski definition) is 1. The molecule has 0 unspecified atom stereocenters. The molecule has 1 aromatic carbocycles. The summed E-state index contributed by atoms with van der Waals surface area (Å²) in [5.74, 6) is 0.228. The maximum Gasteiger partial charge on any atom is 0.257 e. The maximum atomic E-state index is 11.7. The highest BCUT2D eigenvalue weighted by Gasteiger charge is 2.19. The molecule has 1 amide bonds. The van der Waals surface area contributed by atoms with Gasteiger partial charge in [-0.2, -0.15) is 4.31 Å². The number of sulfonamides is 1. The average Bonchev–Trinajstić information content (AvgIpc) is 2.41. The fourth-order valence-corrected chi connectivity index (χ4v) is 3.16. The van der Waals surface area contributed by atoms with Gasteiger partial charge in [0.05, 0.1) is 6.26 Å². The van der Waals surface area contributed by atoms with Crippen molar-refractivity contribution in [1.82, 2.24) is 9.62 Å². The van der Waals surface area contributed by atoms with E-state index in [0.717, 1.165) is 6.26 Å². The van der Waals surface area contributed by atoms with E-state index in [1.54, 1.807) is 38.1 Å². The largest absolute Gasteiger partial charge is 0.484 e. The normalized spacial score (nSPS) is 11.7. The van der Waals surface area contributed by atoms with Crippen LogP contribution in [0.1, 0.15) is 13.8 Å². The van der Waals surface area contributed by atoms with E-state index in [9.17, 15) is 13.2 Å². The Bertz CT molecular complexity index is 587. The molecule has 22 heavy (non-hydrogen) atoms. The predicted octanol–water partition coefficient (Wildman–Crippen LogP) is 1.50. The smallest absolute Gasteiger partial charge is 0.257 e. The number of halogens is 1. The number of hydrogen-bond acceptors (Lipinski definition) is 4. The SMILES string of the molecule is CC(C)N(CCNC(=O)COc1ccc(Cl)cc1)S(C)(=O)=O. The van der Waals surface area contributed by atoms with Gasteiger partial charge in [-0.15, -0.1) is 0 Å². The summed E-state index contributed by atoms with van der Waals surface area (Å²) in [6, 6.07) is 6.51. The first-order chi connectivity index (χ1) is 10.2. The zero-order valence-electron chi connectivity index (χ0n) is 12.9. The molecule has 0 saturated carbocycles. The van der Waals surface area contributed by atoms with E-state index < -0.39 is 10.0 Å². The van der Waals surface area contributed by atoms with Gasteiger partial charge in [0.2, 0.25) is 10.0 Å². The Morgan fingerprint density at radius 1 is 1.32 bits per heavy atom. The Labute approximate surface area is 136 Å². The van der Waals surface area contributed by atoms with Gasteiger partial charge in [0.1, 0.15) is 5.75 Å². The molecule has 124 valence electrons. The Kier molecular flexibility index (Phi) is 7.12. The molecular formula is C14H21ClN2O4S. The number of benzene rings is 1. The van der Waals surface area contributed by atoms with Crippen molar-refractivity contribution in [1.29, 1.82) is 0 Å². The van der Waals surface area contributed by atoms with Crippen LogP contribution in [0.25, 0.3) is 0 Å². The Hall–Kier alpha value is -1.31. The lowest BCUT2D eigenvalue weighted by Gasteiger charge is -2.23. The van der Waals surface area contributed by atoms with Crippen molar-refractivity contribution in [3.8, 4) is 5.75 Å². The van der Waals surface area contributed by atoms with E-state index in [4.69, 9.17) is 16.3 Å². The number of amides is 1. The molecule has 6 nitrogen and oxygen atoms in total. The maximum absolute atomic E-state index is 11.7. The average molecular weight is 349 g/mol. The topological polar surface area (TPSA) is 75.7 Å². The van der Waals surface area contributed by atoms with Crippen molar-refractivity contribution in [3.63, 3.8) is 0 Å². The molecule has 0 spiro atoms. The summed E-state index contributed by atoms with van der Waals surface area (Å²) in [5.41, 5.74) is 0. The molecule has 0 aromatic heterocycles. The van der Waals surface area contributed by atoms with Gasteiger partial charge < -0.3 is 10.1 Å². The molecule has 0 bridgehead atoms. The van der Waals surface area contributed by atoms with Gasteiger partial charge in [0, 0.05) is 24.2 Å². The summed E-state index contributed by atoms with van der Waals surface area (Å²) in [4.78, 5) is 11.7. The highest BCUT2D eigenvalue weighted by atomic mass is 35.5. The molecule has 0 aliphatic carbocycles. The van der Waals surface area contributed by atoms with E-state index in [1.165, 1.54) is 4.31 Å². The van der Waals surface area contributed by atoms with Crippen LogP contribution in [0.15, 0.2) is 24.3 Å². The van der Waals surface area contributed by atoms with Gasteiger partial charge in [-0.1, -0.05) is 11.6 Å². The number of ether oxygens (including phenoxy) is 1. The Balaban J connectivity index is 2.35. The molecule has 0 fully saturated rings. The number of carbonyl (C=O) groups is 1. The van der Waals surface area contributed by atoms with Crippen LogP contribution in [-0.4, -0.2) is 50.6 Å². The second-order valence-electron chi connectivity index (χ2n) is 5.06. The molecule has 8 heteroatoms. The van der Waals surface area contributed by atoms with Gasteiger partial charge in [-0.25, -0.2) is 8.42 Å². The number of nitrogens with zero attached hydrogens (tertiary/aromatic N) is 1. The van der Waals surface area contributed by atoms with Crippen LogP contribution in [0.4, 0.5) is 0 Å². The second kappa shape index (κ2) is 8.36. The van der Waals surface area contributed by atoms with E-state index in [2.05, 4.69) is 5.32 Å². The van der Waals surface area contributed by atoms with Crippen LogP contribution in [0, 0.1) is 0 Å². The zero-order chi connectivity index (χ0) is 16.8. The fourth-order valence-electron chi connectivity index (χ4n) is 1.84. The molecule has 0 atom stereocenters. The number of carbonyl (C=O) groups excluding carboxylic acids is 1. The third kappa shape index (κ3) is 6.64. The molecule has 0 aliphatic heterocycles. The van der Waals surface area contributed by atoms with Crippen molar-refractivity contribution < 1.29 is 17.9 Å². The lowest BCUT2D eigenvalue weighted by atomic mass is 10.3. The monoisotopic (exact) mass is 348 g/mol. The van der Waals surface area contributed by atoms with Gasteiger partial charge in [0.15, 0.2) is 6.61 Å². The van der Waals surface area contributed by atoms with Crippen molar-refractivity contribution in [2.24, 2.45) is 0 Å². The minimum Gasteiger partial charge on any atom is -0.484 e. The van der Waals surface area contributed by atoms with E-state index in [0.29, 0.717) is 10.8 Å².